The lowest BCUT2D eigenvalue weighted by Crippen LogP contribution is -3.12. The summed E-state index contributed by atoms with van der Waals surface area (Å²) in [5.74, 6) is 0.774. The van der Waals surface area contributed by atoms with Crippen molar-refractivity contribution < 1.29 is 4.90 Å². The summed E-state index contributed by atoms with van der Waals surface area (Å²) in [5.41, 5.74) is 4.31. The maximum Gasteiger partial charge on any atom is 0.198 e. The van der Waals surface area contributed by atoms with E-state index in [-0.39, 0.29) is 5.43 Å². The number of rotatable bonds is 2. The fourth-order valence-electron chi connectivity index (χ4n) is 3.59. The van der Waals surface area contributed by atoms with E-state index in [2.05, 4.69) is 18.0 Å². The molecule has 0 spiro atoms. The fraction of sp³-hybridized carbons (Fsp3) is 0.500. The molecule has 1 aromatic heterocycles. The molecule has 0 bridgehead atoms. The third-order valence-corrected chi connectivity index (χ3v) is 4.76. The van der Waals surface area contributed by atoms with Gasteiger partial charge in [0.2, 0.25) is 0 Å². The Labute approximate surface area is 126 Å². The molecule has 0 radical (unpaired) electrons. The zero-order valence-electron chi connectivity index (χ0n) is 13.3. The van der Waals surface area contributed by atoms with Crippen LogP contribution in [-0.4, -0.2) is 18.1 Å². The second-order valence-electron chi connectivity index (χ2n) is 6.74. The molecule has 0 saturated carbocycles. The number of aromatic nitrogens is 1. The molecule has 2 unspecified atom stereocenters. The van der Waals surface area contributed by atoms with Crippen LogP contribution >= 0.6 is 0 Å². The standard InChI is InChI=1S/C18H24N2O/c1-12-6-7-17-15(9-12)18(21)16(14(3)19-17)11-20-8-4-5-13(2)10-20/h6-7,9,13H,4-5,8,10-11H2,1-3H3,(H,19,21)/p+1. The third-order valence-electron chi connectivity index (χ3n) is 4.76. The van der Waals surface area contributed by atoms with Crippen molar-refractivity contribution in [2.75, 3.05) is 13.1 Å². The lowest BCUT2D eigenvalue weighted by molar-refractivity contribution is -0.922. The van der Waals surface area contributed by atoms with Crippen molar-refractivity contribution in [1.29, 1.82) is 0 Å². The Hall–Kier alpha value is -1.61. The molecule has 1 aromatic carbocycles. The Morgan fingerprint density at radius 2 is 2.14 bits per heavy atom. The van der Waals surface area contributed by atoms with Crippen LogP contribution in [0.15, 0.2) is 23.0 Å². The molecular formula is C18H25N2O+. The van der Waals surface area contributed by atoms with Crippen molar-refractivity contribution in [1.82, 2.24) is 4.98 Å². The van der Waals surface area contributed by atoms with Gasteiger partial charge < -0.3 is 9.88 Å². The maximum atomic E-state index is 12.8. The Morgan fingerprint density at radius 3 is 2.90 bits per heavy atom. The predicted molar refractivity (Wildman–Crippen MR) is 86.8 cm³/mol. The number of aryl methyl sites for hydroxylation is 2. The zero-order chi connectivity index (χ0) is 15.0. The monoisotopic (exact) mass is 285 g/mol. The number of quaternary nitrogens is 1. The number of fused-ring (bicyclic) bond motifs is 1. The van der Waals surface area contributed by atoms with Gasteiger partial charge in [-0.3, -0.25) is 4.79 Å². The summed E-state index contributed by atoms with van der Waals surface area (Å²) in [5, 5.41) is 0.833. The topological polar surface area (TPSA) is 37.3 Å². The van der Waals surface area contributed by atoms with E-state index in [9.17, 15) is 4.79 Å². The van der Waals surface area contributed by atoms with Crippen LogP contribution in [0.5, 0.6) is 0 Å². The van der Waals surface area contributed by atoms with E-state index in [0.717, 1.165) is 40.2 Å². The second-order valence-corrected chi connectivity index (χ2v) is 6.74. The molecule has 21 heavy (non-hydrogen) atoms. The van der Waals surface area contributed by atoms with Gasteiger partial charge >= 0.3 is 0 Å². The van der Waals surface area contributed by atoms with Crippen molar-refractivity contribution >= 4 is 10.9 Å². The highest BCUT2D eigenvalue weighted by Crippen LogP contribution is 2.13. The zero-order valence-corrected chi connectivity index (χ0v) is 13.3. The summed E-state index contributed by atoms with van der Waals surface area (Å²) in [6.45, 7) is 9.62. The molecule has 112 valence electrons. The molecular weight excluding hydrogens is 260 g/mol. The van der Waals surface area contributed by atoms with Gasteiger partial charge in [0.25, 0.3) is 0 Å². The summed E-state index contributed by atoms with van der Waals surface area (Å²) < 4.78 is 0. The molecule has 1 aliphatic rings. The molecule has 2 atom stereocenters. The minimum absolute atomic E-state index is 0.218. The Bertz CT molecular complexity index is 717. The number of nitrogens with one attached hydrogen (secondary N) is 2. The van der Waals surface area contributed by atoms with Crippen molar-refractivity contribution in [3.63, 3.8) is 0 Å². The van der Waals surface area contributed by atoms with Crippen LogP contribution in [0.2, 0.25) is 0 Å². The van der Waals surface area contributed by atoms with Crippen LogP contribution < -0.4 is 10.3 Å². The second kappa shape index (κ2) is 5.64. The summed E-state index contributed by atoms with van der Waals surface area (Å²) in [6.07, 6.45) is 2.61. The van der Waals surface area contributed by atoms with Crippen LogP contribution in [0.4, 0.5) is 0 Å². The molecule has 0 amide bonds. The largest absolute Gasteiger partial charge is 0.358 e. The highest BCUT2D eigenvalue weighted by Gasteiger charge is 2.22. The van der Waals surface area contributed by atoms with E-state index < -0.39 is 0 Å². The minimum Gasteiger partial charge on any atom is -0.358 e. The van der Waals surface area contributed by atoms with Crippen LogP contribution in [0, 0.1) is 19.8 Å². The molecule has 1 saturated heterocycles. The molecule has 0 aliphatic carbocycles. The van der Waals surface area contributed by atoms with E-state index in [0.29, 0.717) is 0 Å². The molecule has 2 heterocycles. The number of hydrogen-bond donors (Lipinski definition) is 2. The van der Waals surface area contributed by atoms with Crippen molar-refractivity contribution in [3.8, 4) is 0 Å². The van der Waals surface area contributed by atoms with Crippen LogP contribution in [0.1, 0.15) is 36.6 Å². The number of pyridine rings is 1. The number of benzene rings is 1. The van der Waals surface area contributed by atoms with E-state index in [1.807, 2.05) is 26.0 Å². The van der Waals surface area contributed by atoms with Gasteiger partial charge in [0.05, 0.1) is 18.7 Å². The molecule has 1 fully saturated rings. The molecule has 1 aliphatic heterocycles. The van der Waals surface area contributed by atoms with Crippen molar-refractivity contribution in [2.24, 2.45) is 5.92 Å². The maximum absolute atomic E-state index is 12.8. The molecule has 2 N–H and O–H groups in total. The van der Waals surface area contributed by atoms with E-state index in [1.54, 1.807) is 4.90 Å². The van der Waals surface area contributed by atoms with Gasteiger partial charge in [-0.15, -0.1) is 0 Å². The number of H-pyrrole nitrogens is 1. The van der Waals surface area contributed by atoms with Gasteiger partial charge in [-0.05, 0) is 38.8 Å². The van der Waals surface area contributed by atoms with Crippen LogP contribution in [0.25, 0.3) is 10.9 Å². The number of likely N-dealkylation sites (tertiary alicyclic amines) is 1. The smallest absolute Gasteiger partial charge is 0.198 e. The average Bonchev–Trinajstić information content (AvgIpc) is 2.45. The Kier molecular flexibility index (Phi) is 3.85. The van der Waals surface area contributed by atoms with Crippen molar-refractivity contribution in [2.45, 2.75) is 40.2 Å². The SMILES string of the molecule is Cc1ccc2[nH]c(C)c(C[NH+]3CCCC(C)C3)c(=O)c2c1. The van der Waals surface area contributed by atoms with Gasteiger partial charge in [-0.25, -0.2) is 0 Å². The first-order valence-electron chi connectivity index (χ1n) is 8.00. The number of hydrogen-bond acceptors (Lipinski definition) is 1. The third kappa shape index (κ3) is 2.88. The van der Waals surface area contributed by atoms with Gasteiger partial charge in [0.1, 0.15) is 6.54 Å². The molecule has 3 rings (SSSR count). The molecule has 2 aromatic rings. The summed E-state index contributed by atoms with van der Waals surface area (Å²) in [4.78, 5) is 17.8. The van der Waals surface area contributed by atoms with Gasteiger partial charge in [0, 0.05) is 22.5 Å². The number of aromatic amines is 1. The quantitative estimate of drug-likeness (QED) is 0.869. The van der Waals surface area contributed by atoms with Crippen LogP contribution in [-0.2, 0) is 6.54 Å². The minimum atomic E-state index is 0.218. The Balaban J connectivity index is 2.00. The lowest BCUT2D eigenvalue weighted by atomic mass is 9.99. The normalized spacial score (nSPS) is 22.6. The first-order valence-corrected chi connectivity index (χ1v) is 8.00. The highest BCUT2D eigenvalue weighted by molar-refractivity contribution is 5.80. The van der Waals surface area contributed by atoms with E-state index in [1.165, 1.54) is 25.9 Å². The van der Waals surface area contributed by atoms with Crippen molar-refractivity contribution in [3.05, 3.63) is 45.2 Å². The van der Waals surface area contributed by atoms with E-state index >= 15 is 0 Å². The van der Waals surface area contributed by atoms with Crippen LogP contribution in [0.3, 0.4) is 0 Å². The highest BCUT2D eigenvalue weighted by atomic mass is 16.1. The van der Waals surface area contributed by atoms with Gasteiger partial charge in [0.15, 0.2) is 5.43 Å². The number of piperidine rings is 1. The molecule has 3 nitrogen and oxygen atoms in total. The first-order chi connectivity index (χ1) is 10.0. The summed E-state index contributed by atoms with van der Waals surface area (Å²) in [6, 6.07) is 6.07. The summed E-state index contributed by atoms with van der Waals surface area (Å²) in [7, 11) is 0. The average molecular weight is 285 g/mol. The predicted octanol–water partition coefficient (Wildman–Crippen LogP) is 1.96. The van der Waals surface area contributed by atoms with Gasteiger partial charge in [-0.2, -0.15) is 0 Å². The Morgan fingerprint density at radius 1 is 1.33 bits per heavy atom. The summed E-state index contributed by atoms with van der Waals surface area (Å²) >= 11 is 0. The fourth-order valence-corrected chi connectivity index (χ4v) is 3.59. The first kappa shape index (κ1) is 14.3. The van der Waals surface area contributed by atoms with Gasteiger partial charge in [-0.1, -0.05) is 18.6 Å². The van der Waals surface area contributed by atoms with E-state index in [4.69, 9.17) is 0 Å². The lowest BCUT2D eigenvalue weighted by Gasteiger charge is -2.28. The molecule has 3 heteroatoms.